The molecule has 0 aliphatic heterocycles. The molecule has 3 aromatic rings. The number of aromatic nitrogens is 1. The monoisotopic (exact) mass is 428 g/mol. The molecule has 1 heterocycles. The van der Waals surface area contributed by atoms with E-state index in [1.807, 2.05) is 48.5 Å². The van der Waals surface area contributed by atoms with Crippen molar-refractivity contribution in [1.82, 2.24) is 10.5 Å². The molecule has 8 heteroatoms. The van der Waals surface area contributed by atoms with Crippen LogP contribution in [0, 0.1) is 0 Å². The quantitative estimate of drug-likeness (QED) is 0.534. The van der Waals surface area contributed by atoms with Crippen molar-refractivity contribution < 1.29 is 18.8 Å². The third-order valence-corrected chi connectivity index (χ3v) is 4.63. The third kappa shape index (κ3) is 5.84. The molecule has 0 fully saturated rings. The highest BCUT2D eigenvalue weighted by Gasteiger charge is 2.21. The molecule has 1 atom stereocenters. The van der Waals surface area contributed by atoms with E-state index in [4.69, 9.17) is 20.9 Å². The fourth-order valence-corrected chi connectivity index (χ4v) is 3.22. The Morgan fingerprint density at radius 2 is 1.90 bits per heavy atom. The van der Waals surface area contributed by atoms with Crippen LogP contribution in [0.15, 0.2) is 63.9 Å². The number of hydrogen-bond donors (Lipinski definition) is 2. The average Bonchev–Trinajstić information content (AvgIpc) is 3.15. The lowest BCUT2D eigenvalue weighted by molar-refractivity contribution is -0.143. The van der Waals surface area contributed by atoms with Crippen molar-refractivity contribution in [2.75, 3.05) is 6.61 Å². The minimum Gasteiger partial charge on any atom is -0.466 e. The first-order chi connectivity index (χ1) is 14.4. The van der Waals surface area contributed by atoms with Crippen molar-refractivity contribution in [3.63, 3.8) is 0 Å². The number of carbonyl (C=O) groups excluding carboxylic acids is 2. The van der Waals surface area contributed by atoms with E-state index in [1.54, 1.807) is 6.92 Å². The van der Waals surface area contributed by atoms with E-state index in [-0.39, 0.29) is 18.8 Å². The van der Waals surface area contributed by atoms with Crippen molar-refractivity contribution in [2.24, 2.45) is 0 Å². The Hall–Kier alpha value is -3.32. The summed E-state index contributed by atoms with van der Waals surface area (Å²) < 4.78 is 9.83. The molecule has 2 aromatic carbocycles. The Morgan fingerprint density at radius 3 is 2.53 bits per heavy atom. The van der Waals surface area contributed by atoms with Gasteiger partial charge in [-0.2, -0.15) is 5.16 Å². The van der Waals surface area contributed by atoms with Crippen LogP contribution in [0.5, 0.6) is 0 Å². The van der Waals surface area contributed by atoms with Crippen LogP contribution in [-0.4, -0.2) is 29.7 Å². The summed E-state index contributed by atoms with van der Waals surface area (Å²) in [6, 6.07) is 15.8. The first-order valence-corrected chi connectivity index (χ1v) is 9.82. The Balaban J connectivity index is 1.73. The van der Waals surface area contributed by atoms with Crippen molar-refractivity contribution in [3.8, 4) is 11.1 Å². The summed E-state index contributed by atoms with van der Waals surface area (Å²) in [6.45, 7) is 1.97. The van der Waals surface area contributed by atoms with Crippen LogP contribution >= 0.6 is 11.6 Å². The molecule has 1 amide bonds. The summed E-state index contributed by atoms with van der Waals surface area (Å²) in [6.07, 6.45) is 0.388. The summed E-state index contributed by atoms with van der Waals surface area (Å²) in [7, 11) is 0. The number of esters is 1. The second kappa shape index (κ2) is 9.93. The van der Waals surface area contributed by atoms with E-state index in [1.165, 1.54) is 0 Å². The summed E-state index contributed by atoms with van der Waals surface area (Å²) >= 11 is 6.06. The van der Waals surface area contributed by atoms with Crippen LogP contribution in [0.25, 0.3) is 11.1 Å². The SMILES string of the molecule is CCOC(=O)C[C@@H](Cc1ccc(-c2cccc(Cl)c2)cc1)NC(=O)c1cc(=O)[nH]o1. The molecule has 0 radical (unpaired) electrons. The predicted molar refractivity (Wildman–Crippen MR) is 112 cm³/mol. The first-order valence-electron chi connectivity index (χ1n) is 9.44. The van der Waals surface area contributed by atoms with Gasteiger partial charge in [0.05, 0.1) is 19.1 Å². The Morgan fingerprint density at radius 1 is 1.13 bits per heavy atom. The molecule has 3 rings (SSSR count). The van der Waals surface area contributed by atoms with Crippen LogP contribution in [0.2, 0.25) is 5.02 Å². The predicted octanol–water partition coefficient (Wildman–Crippen LogP) is 3.58. The molecule has 2 N–H and O–H groups in total. The van der Waals surface area contributed by atoms with E-state index in [0.717, 1.165) is 22.8 Å². The van der Waals surface area contributed by atoms with Gasteiger partial charge in [-0.25, -0.2) is 0 Å². The highest BCUT2D eigenvalue weighted by Crippen LogP contribution is 2.23. The molecular weight excluding hydrogens is 408 g/mol. The summed E-state index contributed by atoms with van der Waals surface area (Å²) in [5.41, 5.74) is 2.40. The number of benzene rings is 2. The summed E-state index contributed by atoms with van der Waals surface area (Å²) in [4.78, 5) is 35.5. The number of halogens is 1. The minimum atomic E-state index is -0.585. The summed E-state index contributed by atoms with van der Waals surface area (Å²) in [5, 5.41) is 5.45. The highest BCUT2D eigenvalue weighted by atomic mass is 35.5. The highest BCUT2D eigenvalue weighted by molar-refractivity contribution is 6.30. The fourth-order valence-electron chi connectivity index (χ4n) is 3.03. The van der Waals surface area contributed by atoms with E-state index >= 15 is 0 Å². The van der Waals surface area contributed by atoms with Crippen molar-refractivity contribution >= 4 is 23.5 Å². The van der Waals surface area contributed by atoms with Gasteiger partial charge in [-0.1, -0.05) is 48.0 Å². The number of ether oxygens (including phenoxy) is 1. The second-order valence-electron chi connectivity index (χ2n) is 6.67. The van der Waals surface area contributed by atoms with Crippen LogP contribution in [0.3, 0.4) is 0 Å². The number of hydrogen-bond acceptors (Lipinski definition) is 5. The molecule has 0 bridgehead atoms. The van der Waals surface area contributed by atoms with Crippen molar-refractivity contribution in [3.05, 3.63) is 81.3 Å². The number of aromatic amines is 1. The Labute approximate surface area is 178 Å². The molecule has 0 unspecified atom stereocenters. The molecule has 0 spiro atoms. The molecule has 0 aliphatic carbocycles. The van der Waals surface area contributed by atoms with Gasteiger partial charge < -0.3 is 14.6 Å². The molecule has 0 saturated heterocycles. The van der Waals surface area contributed by atoms with E-state index in [9.17, 15) is 14.4 Å². The zero-order valence-corrected chi connectivity index (χ0v) is 17.1. The Bertz CT molecular complexity index is 1070. The number of amides is 1. The zero-order chi connectivity index (χ0) is 21.5. The summed E-state index contributed by atoms with van der Waals surface area (Å²) in [5.74, 6) is -1.16. The second-order valence-corrected chi connectivity index (χ2v) is 7.10. The maximum absolute atomic E-state index is 12.3. The smallest absolute Gasteiger partial charge is 0.307 e. The van der Waals surface area contributed by atoms with Gasteiger partial charge in [-0.05, 0) is 42.2 Å². The number of nitrogens with one attached hydrogen (secondary N) is 2. The zero-order valence-electron chi connectivity index (χ0n) is 16.3. The lowest BCUT2D eigenvalue weighted by atomic mass is 9.99. The van der Waals surface area contributed by atoms with Crippen LogP contribution < -0.4 is 10.9 Å². The van der Waals surface area contributed by atoms with Gasteiger partial charge in [0.15, 0.2) is 0 Å². The average molecular weight is 429 g/mol. The van der Waals surface area contributed by atoms with Gasteiger partial charge in [0, 0.05) is 11.1 Å². The lowest BCUT2D eigenvalue weighted by Crippen LogP contribution is -2.38. The van der Waals surface area contributed by atoms with Gasteiger partial charge in [-0.15, -0.1) is 0 Å². The largest absolute Gasteiger partial charge is 0.466 e. The van der Waals surface area contributed by atoms with Gasteiger partial charge in [0.2, 0.25) is 5.76 Å². The molecule has 156 valence electrons. The topological polar surface area (TPSA) is 101 Å². The van der Waals surface area contributed by atoms with Gasteiger partial charge >= 0.3 is 5.97 Å². The maximum Gasteiger partial charge on any atom is 0.307 e. The van der Waals surface area contributed by atoms with E-state index in [0.29, 0.717) is 11.4 Å². The molecule has 1 aromatic heterocycles. The standard InChI is InChI=1S/C22H21ClN2O5/c1-2-29-21(27)12-18(24-22(28)19-13-20(26)25-30-19)10-14-6-8-15(9-7-14)16-4-3-5-17(23)11-16/h3-9,11,13,18H,2,10,12H2,1H3,(H,24,28)(H,25,26)/t18-/m1/s1. The number of rotatable bonds is 8. The fraction of sp³-hybridized carbons (Fsp3) is 0.227. The molecule has 0 aliphatic rings. The number of carbonyl (C=O) groups is 2. The van der Waals surface area contributed by atoms with Crippen molar-refractivity contribution in [1.29, 1.82) is 0 Å². The number of H-pyrrole nitrogens is 1. The molecular formula is C22H21ClN2O5. The molecule has 7 nitrogen and oxygen atoms in total. The normalized spacial score (nSPS) is 11.7. The van der Waals surface area contributed by atoms with Crippen molar-refractivity contribution in [2.45, 2.75) is 25.8 Å². The first kappa shape index (κ1) is 21.4. The van der Waals surface area contributed by atoms with Crippen LogP contribution in [0.4, 0.5) is 0 Å². The molecule has 0 saturated carbocycles. The van der Waals surface area contributed by atoms with Crippen LogP contribution in [0.1, 0.15) is 29.5 Å². The minimum absolute atomic E-state index is 0.00964. The lowest BCUT2D eigenvalue weighted by Gasteiger charge is -2.17. The van der Waals surface area contributed by atoms with Gasteiger partial charge in [0.1, 0.15) is 0 Å². The van der Waals surface area contributed by atoms with Gasteiger partial charge in [-0.3, -0.25) is 14.4 Å². The third-order valence-electron chi connectivity index (χ3n) is 4.40. The Kier molecular flexibility index (Phi) is 7.08. The molecule has 30 heavy (non-hydrogen) atoms. The van der Waals surface area contributed by atoms with E-state index < -0.39 is 23.5 Å². The maximum atomic E-state index is 12.3. The van der Waals surface area contributed by atoms with E-state index in [2.05, 4.69) is 10.5 Å². The van der Waals surface area contributed by atoms with Crippen LogP contribution in [-0.2, 0) is 16.0 Å². The van der Waals surface area contributed by atoms with Gasteiger partial charge in [0.25, 0.3) is 11.5 Å².